The highest BCUT2D eigenvalue weighted by Gasteiger charge is 2.52. The Morgan fingerprint density at radius 3 is 2.25 bits per heavy atom. The molecule has 3 rings (SSSR count). The molecule has 0 bridgehead atoms. The quantitative estimate of drug-likeness (QED) is 0.617. The lowest BCUT2D eigenvalue weighted by Gasteiger charge is -2.13. The molecule has 0 N–H and O–H groups in total. The smallest absolute Gasteiger partial charge is 0.394 e. The van der Waals surface area contributed by atoms with Crippen molar-refractivity contribution < 1.29 is 9.53 Å². The largest absolute Gasteiger partial charge is 0.460 e. The van der Waals surface area contributed by atoms with Crippen LogP contribution in [0.2, 0.25) is 0 Å². The van der Waals surface area contributed by atoms with Gasteiger partial charge in [-0.3, -0.25) is 4.85 Å². The van der Waals surface area contributed by atoms with E-state index in [9.17, 15) is 4.79 Å². The van der Waals surface area contributed by atoms with E-state index in [2.05, 4.69) is 29.1 Å². The fourth-order valence-corrected chi connectivity index (χ4v) is 2.89. The standard InChI is InChI=1S/C17H15NO2/c1-3-20-16(19)17(18-2)10-14-8-12-6-4-5-7-13(12)9-15(14)11-17/h4-9H,3,10-11H2,1H3. The van der Waals surface area contributed by atoms with Crippen molar-refractivity contribution >= 4 is 16.7 Å². The maximum absolute atomic E-state index is 12.1. The zero-order valence-corrected chi connectivity index (χ0v) is 11.3. The summed E-state index contributed by atoms with van der Waals surface area (Å²) in [5, 5.41) is 2.30. The third-order valence-corrected chi connectivity index (χ3v) is 3.90. The van der Waals surface area contributed by atoms with Crippen LogP contribution in [0.1, 0.15) is 18.1 Å². The van der Waals surface area contributed by atoms with Crippen LogP contribution in [-0.4, -0.2) is 18.1 Å². The van der Waals surface area contributed by atoms with Crippen molar-refractivity contribution in [2.24, 2.45) is 0 Å². The van der Waals surface area contributed by atoms with E-state index in [-0.39, 0.29) is 0 Å². The molecule has 0 unspecified atom stereocenters. The molecule has 2 aromatic carbocycles. The van der Waals surface area contributed by atoms with Crippen molar-refractivity contribution in [1.82, 2.24) is 0 Å². The molecule has 2 aromatic rings. The summed E-state index contributed by atoms with van der Waals surface area (Å²) in [6.07, 6.45) is 0.908. The normalized spacial score (nSPS) is 15.6. The lowest BCUT2D eigenvalue weighted by Crippen LogP contribution is -2.37. The predicted molar refractivity (Wildman–Crippen MR) is 77.3 cm³/mol. The first-order chi connectivity index (χ1) is 9.68. The molecule has 0 atom stereocenters. The van der Waals surface area contributed by atoms with E-state index in [1.54, 1.807) is 6.92 Å². The zero-order chi connectivity index (χ0) is 14.2. The van der Waals surface area contributed by atoms with Gasteiger partial charge in [-0.2, -0.15) is 0 Å². The van der Waals surface area contributed by atoms with Crippen LogP contribution in [0.5, 0.6) is 0 Å². The minimum absolute atomic E-state index is 0.314. The molecular formula is C17H15NO2. The molecular weight excluding hydrogens is 250 g/mol. The van der Waals surface area contributed by atoms with Gasteiger partial charge in [-0.25, -0.2) is 11.4 Å². The highest BCUT2D eigenvalue weighted by molar-refractivity contribution is 5.89. The molecule has 0 fully saturated rings. The molecule has 20 heavy (non-hydrogen) atoms. The van der Waals surface area contributed by atoms with Crippen molar-refractivity contribution in [3.63, 3.8) is 0 Å². The Labute approximate surface area is 118 Å². The van der Waals surface area contributed by atoms with Crippen LogP contribution >= 0.6 is 0 Å². The molecule has 0 spiro atoms. The van der Waals surface area contributed by atoms with Gasteiger partial charge in [0, 0.05) is 0 Å². The number of fused-ring (bicyclic) bond motifs is 2. The van der Waals surface area contributed by atoms with Crippen molar-refractivity contribution in [2.75, 3.05) is 6.61 Å². The van der Waals surface area contributed by atoms with E-state index in [1.807, 2.05) is 12.1 Å². The molecule has 100 valence electrons. The van der Waals surface area contributed by atoms with Crippen LogP contribution in [0.3, 0.4) is 0 Å². The zero-order valence-electron chi connectivity index (χ0n) is 11.3. The van der Waals surface area contributed by atoms with Gasteiger partial charge in [0.15, 0.2) is 0 Å². The number of ether oxygens (including phenoxy) is 1. The summed E-state index contributed by atoms with van der Waals surface area (Å²) in [6.45, 7) is 9.52. The number of benzene rings is 2. The Hall–Kier alpha value is -2.34. The first-order valence-corrected chi connectivity index (χ1v) is 6.75. The molecule has 3 nitrogen and oxygen atoms in total. The second-order valence-corrected chi connectivity index (χ2v) is 5.19. The fourth-order valence-electron chi connectivity index (χ4n) is 2.89. The average Bonchev–Trinajstić information content (AvgIpc) is 2.84. The summed E-state index contributed by atoms with van der Waals surface area (Å²) >= 11 is 0. The summed E-state index contributed by atoms with van der Waals surface area (Å²) in [7, 11) is 0. The van der Waals surface area contributed by atoms with Gasteiger partial charge in [0.05, 0.1) is 19.4 Å². The lowest BCUT2D eigenvalue weighted by molar-refractivity contribution is -0.147. The summed E-state index contributed by atoms with van der Waals surface area (Å²) in [5.41, 5.74) is 1.12. The Bertz CT molecular complexity index is 683. The van der Waals surface area contributed by atoms with Gasteiger partial charge in [0.2, 0.25) is 0 Å². The van der Waals surface area contributed by atoms with Crippen molar-refractivity contribution in [2.45, 2.75) is 25.3 Å². The maximum atomic E-state index is 12.1. The topological polar surface area (TPSA) is 30.7 Å². The van der Waals surface area contributed by atoms with Gasteiger partial charge in [0.25, 0.3) is 0 Å². The number of carbonyl (C=O) groups is 1. The van der Waals surface area contributed by atoms with E-state index in [4.69, 9.17) is 11.3 Å². The molecule has 0 amide bonds. The Kier molecular flexibility index (Phi) is 2.94. The molecule has 1 aliphatic rings. The number of hydrogen-bond acceptors (Lipinski definition) is 2. The van der Waals surface area contributed by atoms with Gasteiger partial charge < -0.3 is 4.74 Å². The van der Waals surface area contributed by atoms with E-state index < -0.39 is 11.5 Å². The second-order valence-electron chi connectivity index (χ2n) is 5.19. The number of hydrogen-bond donors (Lipinski definition) is 0. The average molecular weight is 265 g/mol. The fraction of sp³-hybridized carbons (Fsp3) is 0.294. The van der Waals surface area contributed by atoms with Crippen LogP contribution in [0.15, 0.2) is 36.4 Å². The number of carbonyl (C=O) groups excluding carboxylic acids is 1. The first-order valence-electron chi connectivity index (χ1n) is 6.75. The van der Waals surface area contributed by atoms with Gasteiger partial charge >= 0.3 is 11.5 Å². The third-order valence-electron chi connectivity index (χ3n) is 3.90. The van der Waals surface area contributed by atoms with Crippen molar-refractivity contribution in [1.29, 1.82) is 0 Å². The Balaban J connectivity index is 2.04. The third kappa shape index (κ3) is 1.85. The molecule has 0 aliphatic heterocycles. The second kappa shape index (κ2) is 4.64. The Morgan fingerprint density at radius 1 is 1.25 bits per heavy atom. The molecule has 0 aromatic heterocycles. The van der Waals surface area contributed by atoms with Gasteiger partial charge in [0.1, 0.15) is 0 Å². The van der Waals surface area contributed by atoms with Gasteiger partial charge in [-0.1, -0.05) is 36.4 Å². The van der Waals surface area contributed by atoms with Crippen molar-refractivity contribution in [3.05, 3.63) is 58.9 Å². The summed E-state index contributed by atoms with van der Waals surface area (Å²) in [6, 6.07) is 12.3. The van der Waals surface area contributed by atoms with Crippen LogP contribution in [-0.2, 0) is 22.4 Å². The van der Waals surface area contributed by atoms with Crippen LogP contribution < -0.4 is 0 Å². The molecule has 0 radical (unpaired) electrons. The SMILES string of the molecule is [C-]#[N+]C1(C(=O)OCC)Cc2cc3ccccc3cc2C1. The van der Waals surface area contributed by atoms with Crippen molar-refractivity contribution in [3.8, 4) is 0 Å². The van der Waals surface area contributed by atoms with Crippen LogP contribution in [0, 0.1) is 6.57 Å². The molecule has 3 heteroatoms. The van der Waals surface area contributed by atoms with Gasteiger partial charge in [-0.05, 0) is 28.8 Å². The van der Waals surface area contributed by atoms with E-state index in [1.165, 1.54) is 0 Å². The lowest BCUT2D eigenvalue weighted by atomic mass is 9.97. The monoisotopic (exact) mass is 265 g/mol. The highest BCUT2D eigenvalue weighted by Crippen LogP contribution is 2.36. The molecule has 0 saturated heterocycles. The summed E-state index contributed by atoms with van der Waals surface area (Å²) in [4.78, 5) is 15.7. The molecule has 1 aliphatic carbocycles. The van der Waals surface area contributed by atoms with Crippen LogP contribution in [0.4, 0.5) is 0 Å². The Morgan fingerprint density at radius 2 is 1.80 bits per heavy atom. The summed E-state index contributed by atoms with van der Waals surface area (Å²) < 4.78 is 5.10. The maximum Gasteiger partial charge on any atom is 0.394 e. The number of rotatable bonds is 2. The number of nitrogens with zero attached hydrogens (tertiary/aromatic N) is 1. The van der Waals surface area contributed by atoms with Gasteiger partial charge in [-0.15, -0.1) is 0 Å². The summed E-state index contributed by atoms with van der Waals surface area (Å²) in [5.74, 6) is -0.393. The molecule has 0 heterocycles. The highest BCUT2D eigenvalue weighted by atomic mass is 16.5. The minimum atomic E-state index is -1.06. The van der Waals surface area contributed by atoms with E-state index >= 15 is 0 Å². The van der Waals surface area contributed by atoms with Crippen LogP contribution in [0.25, 0.3) is 15.6 Å². The first kappa shape index (κ1) is 12.7. The predicted octanol–water partition coefficient (Wildman–Crippen LogP) is 3.16. The van der Waals surface area contributed by atoms with E-state index in [0.29, 0.717) is 19.4 Å². The van der Waals surface area contributed by atoms with E-state index in [0.717, 1.165) is 21.9 Å². The minimum Gasteiger partial charge on any atom is -0.460 e. The number of esters is 1. The molecule has 0 saturated carbocycles.